The van der Waals surface area contributed by atoms with Gasteiger partial charge in [-0.05, 0) is 49.1 Å². The molecule has 25 heavy (non-hydrogen) atoms. The average molecular weight is 359 g/mol. The van der Waals surface area contributed by atoms with Crippen molar-refractivity contribution in [2.45, 2.75) is 19.8 Å². The number of hydrogen-bond acceptors (Lipinski definition) is 4. The summed E-state index contributed by atoms with van der Waals surface area (Å²) >= 11 is 5.89. The Morgan fingerprint density at radius 3 is 2.60 bits per heavy atom. The van der Waals surface area contributed by atoms with Crippen LogP contribution in [0.25, 0.3) is 0 Å². The molecule has 0 radical (unpaired) electrons. The first-order valence-corrected chi connectivity index (χ1v) is 8.67. The van der Waals surface area contributed by atoms with Crippen LogP contribution in [-0.2, 0) is 0 Å². The Balaban J connectivity index is 2.04. The van der Waals surface area contributed by atoms with Gasteiger partial charge >= 0.3 is 0 Å². The summed E-state index contributed by atoms with van der Waals surface area (Å²) < 4.78 is 0. The van der Waals surface area contributed by atoms with E-state index >= 15 is 0 Å². The number of carbonyl (C=O) groups excluding carboxylic acids is 1. The monoisotopic (exact) mass is 358 g/mol. The van der Waals surface area contributed by atoms with Gasteiger partial charge in [0.05, 0.1) is 10.5 Å². The van der Waals surface area contributed by atoms with Crippen molar-refractivity contribution in [3.8, 4) is 0 Å². The molecule has 1 unspecified atom stereocenters. The Hall–Kier alpha value is -2.40. The summed E-state index contributed by atoms with van der Waals surface area (Å²) in [6.07, 6.45) is 2.21. The van der Waals surface area contributed by atoms with E-state index < -0.39 is 4.92 Å². The number of hydrogen-bond donors (Lipinski definition) is 0. The SMILES string of the molecule is CC1CCCN(c2ccc([N+](=O)[O-])cc2C(=O)c2ccc(Cl)cc2)C1. The van der Waals surface area contributed by atoms with Gasteiger partial charge in [0, 0.05) is 41.5 Å². The van der Waals surface area contributed by atoms with Gasteiger partial charge in [-0.1, -0.05) is 18.5 Å². The van der Waals surface area contributed by atoms with Gasteiger partial charge in [-0.3, -0.25) is 14.9 Å². The molecule has 2 aromatic rings. The summed E-state index contributed by atoms with van der Waals surface area (Å²) in [6, 6.07) is 11.1. The van der Waals surface area contributed by atoms with Crippen LogP contribution in [-0.4, -0.2) is 23.8 Å². The predicted octanol–water partition coefficient (Wildman–Crippen LogP) is 4.72. The number of benzene rings is 2. The molecule has 6 heteroatoms. The van der Waals surface area contributed by atoms with E-state index in [4.69, 9.17) is 11.6 Å². The molecule has 1 aliphatic heterocycles. The smallest absolute Gasteiger partial charge is 0.270 e. The molecule has 0 saturated carbocycles. The Bertz CT molecular complexity index is 805. The zero-order valence-corrected chi connectivity index (χ0v) is 14.7. The van der Waals surface area contributed by atoms with E-state index in [0.717, 1.165) is 31.6 Å². The van der Waals surface area contributed by atoms with E-state index in [2.05, 4.69) is 11.8 Å². The molecule has 0 aliphatic carbocycles. The molecule has 0 aromatic heterocycles. The fourth-order valence-corrected chi connectivity index (χ4v) is 3.39. The predicted molar refractivity (Wildman–Crippen MR) is 98.6 cm³/mol. The molecule has 1 aliphatic rings. The lowest BCUT2D eigenvalue weighted by molar-refractivity contribution is -0.384. The maximum Gasteiger partial charge on any atom is 0.270 e. The van der Waals surface area contributed by atoms with Crippen molar-refractivity contribution in [1.29, 1.82) is 0 Å². The number of nitrogens with zero attached hydrogens (tertiary/aromatic N) is 2. The molecule has 1 heterocycles. The molecule has 1 fully saturated rings. The van der Waals surface area contributed by atoms with E-state index in [1.54, 1.807) is 30.3 Å². The van der Waals surface area contributed by atoms with Crippen molar-refractivity contribution in [2.24, 2.45) is 5.92 Å². The number of ketones is 1. The van der Waals surface area contributed by atoms with Gasteiger partial charge in [0.25, 0.3) is 5.69 Å². The normalized spacial score (nSPS) is 17.4. The first-order chi connectivity index (χ1) is 12.0. The minimum absolute atomic E-state index is 0.0777. The molecule has 0 N–H and O–H groups in total. The van der Waals surface area contributed by atoms with Crippen LogP contribution in [0.5, 0.6) is 0 Å². The highest BCUT2D eigenvalue weighted by atomic mass is 35.5. The molecule has 3 rings (SSSR count). The highest BCUT2D eigenvalue weighted by Crippen LogP contribution is 2.31. The Morgan fingerprint density at radius 1 is 1.24 bits per heavy atom. The van der Waals surface area contributed by atoms with Crippen LogP contribution in [0.2, 0.25) is 5.02 Å². The van der Waals surface area contributed by atoms with Gasteiger partial charge < -0.3 is 4.90 Å². The molecule has 5 nitrogen and oxygen atoms in total. The summed E-state index contributed by atoms with van der Waals surface area (Å²) in [5.41, 5.74) is 1.52. The van der Waals surface area contributed by atoms with Crippen molar-refractivity contribution in [1.82, 2.24) is 0 Å². The molecular formula is C19H19ClN2O3. The number of nitro benzene ring substituents is 1. The summed E-state index contributed by atoms with van der Waals surface area (Å²) in [6.45, 7) is 3.87. The van der Waals surface area contributed by atoms with Crippen molar-refractivity contribution in [3.63, 3.8) is 0 Å². The topological polar surface area (TPSA) is 63.4 Å². The number of nitro groups is 1. The van der Waals surface area contributed by atoms with Crippen LogP contribution >= 0.6 is 11.6 Å². The van der Waals surface area contributed by atoms with Crippen LogP contribution in [0, 0.1) is 16.0 Å². The molecule has 1 atom stereocenters. The number of halogens is 1. The zero-order chi connectivity index (χ0) is 18.0. The van der Waals surface area contributed by atoms with Gasteiger partial charge in [-0.25, -0.2) is 0 Å². The molecular weight excluding hydrogens is 340 g/mol. The maximum absolute atomic E-state index is 13.0. The van der Waals surface area contributed by atoms with E-state index in [-0.39, 0.29) is 11.5 Å². The van der Waals surface area contributed by atoms with Gasteiger partial charge in [-0.15, -0.1) is 0 Å². The maximum atomic E-state index is 13.0. The summed E-state index contributed by atoms with van der Waals surface area (Å²) in [7, 11) is 0. The van der Waals surface area contributed by atoms with Gasteiger partial charge in [-0.2, -0.15) is 0 Å². The fourth-order valence-electron chi connectivity index (χ4n) is 3.26. The number of non-ortho nitro benzene ring substituents is 1. The largest absolute Gasteiger partial charge is 0.371 e. The minimum atomic E-state index is -0.471. The third kappa shape index (κ3) is 3.82. The number of piperidine rings is 1. The molecule has 1 saturated heterocycles. The molecule has 130 valence electrons. The average Bonchev–Trinajstić information content (AvgIpc) is 2.61. The lowest BCUT2D eigenvalue weighted by Crippen LogP contribution is -2.35. The first kappa shape index (κ1) is 17.4. The number of rotatable bonds is 4. The Morgan fingerprint density at radius 2 is 1.96 bits per heavy atom. The third-order valence-electron chi connectivity index (χ3n) is 4.54. The van der Waals surface area contributed by atoms with Crippen LogP contribution in [0.3, 0.4) is 0 Å². The highest BCUT2D eigenvalue weighted by molar-refractivity contribution is 6.30. The van der Waals surface area contributed by atoms with Gasteiger partial charge in [0.15, 0.2) is 5.78 Å². The first-order valence-electron chi connectivity index (χ1n) is 8.29. The molecule has 2 aromatic carbocycles. The summed E-state index contributed by atoms with van der Waals surface area (Å²) in [4.78, 5) is 25.8. The number of carbonyl (C=O) groups is 1. The quantitative estimate of drug-likeness (QED) is 0.451. The summed E-state index contributed by atoms with van der Waals surface area (Å²) in [5.74, 6) is 0.302. The number of anilines is 1. The Kier molecular flexibility index (Phi) is 5.04. The van der Waals surface area contributed by atoms with E-state index in [1.165, 1.54) is 12.1 Å². The van der Waals surface area contributed by atoms with Crippen molar-refractivity contribution in [2.75, 3.05) is 18.0 Å². The fraction of sp³-hybridized carbons (Fsp3) is 0.316. The second kappa shape index (κ2) is 7.23. The lowest BCUT2D eigenvalue weighted by Gasteiger charge is -2.33. The van der Waals surface area contributed by atoms with Crippen molar-refractivity contribution < 1.29 is 9.72 Å². The summed E-state index contributed by atoms with van der Waals surface area (Å²) in [5, 5.41) is 11.7. The van der Waals surface area contributed by atoms with Gasteiger partial charge in [0.1, 0.15) is 0 Å². The highest BCUT2D eigenvalue weighted by Gasteiger charge is 2.24. The van der Waals surface area contributed by atoms with E-state index in [0.29, 0.717) is 22.1 Å². The minimum Gasteiger partial charge on any atom is -0.371 e. The molecule has 0 amide bonds. The standard InChI is InChI=1S/C19H19ClN2O3/c1-13-3-2-10-21(12-13)18-9-8-16(22(24)25)11-17(18)19(23)14-4-6-15(20)7-5-14/h4-9,11,13H,2-3,10,12H2,1H3. The van der Waals surface area contributed by atoms with Crippen LogP contribution in [0.15, 0.2) is 42.5 Å². The Labute approximate surface area is 151 Å². The molecule has 0 bridgehead atoms. The zero-order valence-electron chi connectivity index (χ0n) is 13.9. The van der Waals surface area contributed by atoms with E-state index in [9.17, 15) is 14.9 Å². The van der Waals surface area contributed by atoms with Crippen LogP contribution in [0.1, 0.15) is 35.7 Å². The van der Waals surface area contributed by atoms with Gasteiger partial charge in [0.2, 0.25) is 0 Å². The molecule has 0 spiro atoms. The van der Waals surface area contributed by atoms with Crippen molar-refractivity contribution in [3.05, 3.63) is 68.7 Å². The van der Waals surface area contributed by atoms with Crippen molar-refractivity contribution >= 4 is 28.8 Å². The second-order valence-corrected chi connectivity index (χ2v) is 6.92. The van der Waals surface area contributed by atoms with Crippen LogP contribution in [0.4, 0.5) is 11.4 Å². The van der Waals surface area contributed by atoms with Crippen LogP contribution < -0.4 is 4.90 Å². The third-order valence-corrected chi connectivity index (χ3v) is 4.79. The lowest BCUT2D eigenvalue weighted by atomic mass is 9.96. The van der Waals surface area contributed by atoms with E-state index in [1.807, 2.05) is 0 Å². The second-order valence-electron chi connectivity index (χ2n) is 6.49.